The highest BCUT2D eigenvalue weighted by molar-refractivity contribution is 6.00. The van der Waals surface area contributed by atoms with Crippen molar-refractivity contribution < 1.29 is 9.53 Å². The van der Waals surface area contributed by atoms with E-state index < -0.39 is 0 Å². The van der Waals surface area contributed by atoms with Crippen LogP contribution in [0.5, 0.6) is 5.75 Å². The molecule has 1 heterocycles. The predicted molar refractivity (Wildman–Crippen MR) is 68.5 cm³/mol. The van der Waals surface area contributed by atoms with Crippen LogP contribution in [0.3, 0.4) is 0 Å². The second-order valence-electron chi connectivity index (χ2n) is 5.58. The van der Waals surface area contributed by atoms with Gasteiger partial charge in [0.15, 0.2) is 5.78 Å². The molecule has 2 rings (SSSR count). The number of rotatable bonds is 3. The van der Waals surface area contributed by atoms with Crippen molar-refractivity contribution in [2.24, 2.45) is 5.92 Å². The molecule has 0 amide bonds. The fourth-order valence-electron chi connectivity index (χ4n) is 2.26. The van der Waals surface area contributed by atoms with E-state index in [9.17, 15) is 4.79 Å². The first-order valence-corrected chi connectivity index (χ1v) is 6.31. The Balaban J connectivity index is 2.18. The molecule has 0 spiro atoms. The summed E-state index contributed by atoms with van der Waals surface area (Å²) >= 11 is 0. The Hall–Kier alpha value is -1.31. The molecule has 2 heteroatoms. The maximum atomic E-state index is 12.1. The Morgan fingerprint density at radius 3 is 2.76 bits per heavy atom. The molecule has 17 heavy (non-hydrogen) atoms. The van der Waals surface area contributed by atoms with E-state index in [2.05, 4.69) is 13.8 Å². The SMILES string of the molecule is CC(C)CCC1(C)CC(=O)c2ccccc2O1. The highest BCUT2D eigenvalue weighted by atomic mass is 16.5. The number of Topliss-reactive ketones (excluding diaryl/α,β-unsaturated/α-hetero) is 1. The Morgan fingerprint density at radius 1 is 1.35 bits per heavy atom. The average Bonchev–Trinajstić information content (AvgIpc) is 2.26. The van der Waals surface area contributed by atoms with Gasteiger partial charge >= 0.3 is 0 Å². The Bertz CT molecular complexity index is 423. The van der Waals surface area contributed by atoms with Gasteiger partial charge in [0.25, 0.3) is 0 Å². The van der Waals surface area contributed by atoms with Crippen LogP contribution >= 0.6 is 0 Å². The van der Waals surface area contributed by atoms with Gasteiger partial charge in [-0.1, -0.05) is 26.0 Å². The van der Waals surface area contributed by atoms with E-state index >= 15 is 0 Å². The molecule has 1 unspecified atom stereocenters. The summed E-state index contributed by atoms with van der Waals surface area (Å²) in [7, 11) is 0. The minimum absolute atomic E-state index is 0.207. The van der Waals surface area contributed by atoms with Gasteiger partial charge in [0, 0.05) is 0 Å². The Labute approximate surface area is 103 Å². The van der Waals surface area contributed by atoms with Crippen LogP contribution in [0.15, 0.2) is 24.3 Å². The first kappa shape index (κ1) is 12.2. The standard InChI is InChI=1S/C15H20O2/c1-11(2)8-9-15(3)10-13(16)12-6-4-5-7-14(12)17-15/h4-7,11H,8-10H2,1-3H3. The van der Waals surface area contributed by atoms with Crippen LogP contribution in [-0.4, -0.2) is 11.4 Å². The second kappa shape index (κ2) is 4.52. The molecule has 0 N–H and O–H groups in total. The summed E-state index contributed by atoms with van der Waals surface area (Å²) in [6.07, 6.45) is 2.52. The van der Waals surface area contributed by atoms with E-state index in [1.54, 1.807) is 0 Å². The molecule has 1 aliphatic rings. The molecule has 0 aromatic heterocycles. The summed E-state index contributed by atoms with van der Waals surface area (Å²) in [5, 5.41) is 0. The third-order valence-corrected chi connectivity index (χ3v) is 3.33. The van der Waals surface area contributed by atoms with Crippen molar-refractivity contribution in [3.05, 3.63) is 29.8 Å². The van der Waals surface area contributed by atoms with Crippen LogP contribution in [0.4, 0.5) is 0 Å². The fraction of sp³-hybridized carbons (Fsp3) is 0.533. The third-order valence-electron chi connectivity index (χ3n) is 3.33. The number of hydrogen-bond acceptors (Lipinski definition) is 2. The Morgan fingerprint density at radius 2 is 2.06 bits per heavy atom. The molecule has 0 fully saturated rings. The van der Waals surface area contributed by atoms with E-state index in [1.807, 2.05) is 31.2 Å². The quantitative estimate of drug-likeness (QED) is 0.791. The maximum Gasteiger partial charge on any atom is 0.170 e. The molecule has 92 valence electrons. The largest absolute Gasteiger partial charge is 0.486 e. The van der Waals surface area contributed by atoms with Crippen LogP contribution < -0.4 is 4.74 Å². The second-order valence-corrected chi connectivity index (χ2v) is 5.58. The molecular weight excluding hydrogens is 212 g/mol. The number of para-hydroxylation sites is 1. The predicted octanol–water partition coefficient (Wildman–Crippen LogP) is 3.85. The summed E-state index contributed by atoms with van der Waals surface area (Å²) in [4.78, 5) is 12.1. The van der Waals surface area contributed by atoms with Crippen molar-refractivity contribution in [1.29, 1.82) is 0 Å². The number of benzene rings is 1. The first-order valence-electron chi connectivity index (χ1n) is 6.31. The van der Waals surface area contributed by atoms with Crippen molar-refractivity contribution in [2.45, 2.75) is 45.6 Å². The van der Waals surface area contributed by atoms with E-state index in [4.69, 9.17) is 4.74 Å². The van der Waals surface area contributed by atoms with Crippen molar-refractivity contribution >= 4 is 5.78 Å². The summed E-state index contributed by atoms with van der Waals surface area (Å²) in [5.74, 6) is 1.59. The molecule has 0 bridgehead atoms. The van der Waals surface area contributed by atoms with E-state index in [0.717, 1.165) is 24.2 Å². The van der Waals surface area contributed by atoms with Gasteiger partial charge in [-0.2, -0.15) is 0 Å². The average molecular weight is 232 g/mol. The van der Waals surface area contributed by atoms with Gasteiger partial charge in [-0.3, -0.25) is 4.79 Å². The topological polar surface area (TPSA) is 26.3 Å². The lowest BCUT2D eigenvalue weighted by Gasteiger charge is -2.35. The van der Waals surface area contributed by atoms with Crippen LogP contribution in [0, 0.1) is 5.92 Å². The minimum Gasteiger partial charge on any atom is -0.486 e. The smallest absolute Gasteiger partial charge is 0.170 e. The fourth-order valence-corrected chi connectivity index (χ4v) is 2.26. The summed E-state index contributed by atoms with van der Waals surface area (Å²) in [6.45, 7) is 6.44. The van der Waals surface area contributed by atoms with Crippen LogP contribution in [0.25, 0.3) is 0 Å². The number of ketones is 1. The zero-order valence-corrected chi connectivity index (χ0v) is 10.8. The summed E-state index contributed by atoms with van der Waals surface area (Å²) < 4.78 is 6.02. The number of fused-ring (bicyclic) bond motifs is 1. The van der Waals surface area contributed by atoms with Gasteiger partial charge in [-0.05, 0) is 37.8 Å². The third kappa shape index (κ3) is 2.68. The molecule has 1 aliphatic heterocycles. The molecule has 0 radical (unpaired) electrons. The molecule has 1 aromatic rings. The first-order chi connectivity index (χ1) is 8.00. The molecule has 0 saturated carbocycles. The molecule has 0 aliphatic carbocycles. The molecule has 1 aromatic carbocycles. The lowest BCUT2D eigenvalue weighted by molar-refractivity contribution is 0.0436. The molecule has 1 atom stereocenters. The van der Waals surface area contributed by atoms with Crippen LogP contribution in [0.2, 0.25) is 0 Å². The number of carbonyl (C=O) groups is 1. The van der Waals surface area contributed by atoms with Crippen molar-refractivity contribution in [2.75, 3.05) is 0 Å². The van der Waals surface area contributed by atoms with Gasteiger partial charge < -0.3 is 4.74 Å². The van der Waals surface area contributed by atoms with Crippen molar-refractivity contribution in [1.82, 2.24) is 0 Å². The molecular formula is C15H20O2. The van der Waals surface area contributed by atoms with Crippen LogP contribution in [0.1, 0.15) is 50.4 Å². The van der Waals surface area contributed by atoms with Crippen molar-refractivity contribution in [3.8, 4) is 5.75 Å². The van der Waals surface area contributed by atoms with Gasteiger partial charge in [-0.25, -0.2) is 0 Å². The number of ether oxygens (including phenoxy) is 1. The lowest BCUT2D eigenvalue weighted by Crippen LogP contribution is -2.39. The van der Waals surface area contributed by atoms with E-state index in [1.165, 1.54) is 0 Å². The van der Waals surface area contributed by atoms with Gasteiger partial charge in [0.2, 0.25) is 0 Å². The van der Waals surface area contributed by atoms with Crippen molar-refractivity contribution in [3.63, 3.8) is 0 Å². The van der Waals surface area contributed by atoms with Crippen LogP contribution in [-0.2, 0) is 0 Å². The van der Waals surface area contributed by atoms with Gasteiger partial charge in [0.1, 0.15) is 11.4 Å². The molecule has 0 saturated heterocycles. The Kier molecular flexibility index (Phi) is 3.23. The molecule has 2 nitrogen and oxygen atoms in total. The highest BCUT2D eigenvalue weighted by Gasteiger charge is 2.35. The number of carbonyl (C=O) groups excluding carboxylic acids is 1. The normalized spacial score (nSPS) is 23.4. The lowest BCUT2D eigenvalue weighted by atomic mass is 9.86. The summed E-state index contributed by atoms with van der Waals surface area (Å²) in [5.41, 5.74) is 0.407. The zero-order valence-electron chi connectivity index (χ0n) is 10.8. The minimum atomic E-state index is -0.324. The highest BCUT2D eigenvalue weighted by Crippen LogP contribution is 2.35. The maximum absolute atomic E-state index is 12.1. The van der Waals surface area contributed by atoms with E-state index in [-0.39, 0.29) is 11.4 Å². The van der Waals surface area contributed by atoms with Gasteiger partial charge in [0.05, 0.1) is 12.0 Å². The zero-order chi connectivity index (χ0) is 12.5. The van der Waals surface area contributed by atoms with E-state index in [0.29, 0.717) is 12.3 Å². The monoisotopic (exact) mass is 232 g/mol. The number of hydrogen-bond donors (Lipinski definition) is 0. The summed E-state index contributed by atoms with van der Waals surface area (Å²) in [6, 6.07) is 7.54. The van der Waals surface area contributed by atoms with Gasteiger partial charge in [-0.15, -0.1) is 0 Å².